The highest BCUT2D eigenvalue weighted by Crippen LogP contribution is 2.30. The van der Waals surface area contributed by atoms with Crippen molar-refractivity contribution in [3.8, 4) is 0 Å². The van der Waals surface area contributed by atoms with Crippen LogP contribution in [0.1, 0.15) is 0 Å². The lowest BCUT2D eigenvalue weighted by molar-refractivity contribution is -0.383. The van der Waals surface area contributed by atoms with E-state index in [2.05, 4.69) is 15.3 Å². The number of hydrogen-bond acceptors (Lipinski definition) is 6. The number of halogens is 2. The number of nitrogens with one attached hydrogen (secondary N) is 1. The predicted octanol–water partition coefficient (Wildman–Crippen LogP) is 1.13. The quantitative estimate of drug-likeness (QED) is 0.620. The molecule has 1 aromatic rings. The predicted molar refractivity (Wildman–Crippen MR) is 57.5 cm³/mol. The third-order valence-electron chi connectivity index (χ3n) is 2.00. The van der Waals surface area contributed by atoms with Crippen molar-refractivity contribution in [2.75, 3.05) is 30.9 Å². The molecule has 0 aliphatic heterocycles. The zero-order chi connectivity index (χ0) is 13.0. The van der Waals surface area contributed by atoms with Gasteiger partial charge in [0.05, 0.1) is 11.5 Å². The Morgan fingerprint density at radius 2 is 2.24 bits per heavy atom. The van der Waals surface area contributed by atoms with E-state index in [0.29, 0.717) is 0 Å². The molecule has 17 heavy (non-hydrogen) atoms. The Kier molecular flexibility index (Phi) is 4.07. The summed E-state index contributed by atoms with van der Waals surface area (Å²) in [6.45, 7) is -0.638. The van der Waals surface area contributed by atoms with Gasteiger partial charge in [-0.15, -0.1) is 0 Å². The minimum atomic E-state index is -2.60. The Morgan fingerprint density at radius 3 is 2.71 bits per heavy atom. The minimum Gasteiger partial charge on any atom is -0.367 e. The zero-order valence-electron chi connectivity index (χ0n) is 9.22. The summed E-state index contributed by atoms with van der Waals surface area (Å²) in [5.41, 5.74) is -0.418. The first-order chi connectivity index (χ1) is 7.97. The van der Waals surface area contributed by atoms with Crippen LogP contribution in [0, 0.1) is 10.1 Å². The fourth-order valence-corrected chi connectivity index (χ4v) is 1.29. The Labute approximate surface area is 95.6 Å². The van der Waals surface area contributed by atoms with Gasteiger partial charge in [-0.2, -0.15) is 0 Å². The van der Waals surface area contributed by atoms with Crippen LogP contribution in [-0.2, 0) is 0 Å². The van der Waals surface area contributed by atoms with Gasteiger partial charge in [0.15, 0.2) is 0 Å². The molecule has 0 fully saturated rings. The second-order valence-corrected chi connectivity index (χ2v) is 3.17. The molecule has 1 rings (SSSR count). The van der Waals surface area contributed by atoms with Crippen LogP contribution < -0.4 is 10.2 Å². The van der Waals surface area contributed by atoms with Crippen LogP contribution in [0.3, 0.4) is 0 Å². The first kappa shape index (κ1) is 13.0. The maximum atomic E-state index is 12.2. The number of rotatable bonds is 5. The Bertz CT molecular complexity index is 415. The van der Waals surface area contributed by atoms with Crippen LogP contribution in [0.5, 0.6) is 0 Å². The second-order valence-electron chi connectivity index (χ2n) is 3.17. The monoisotopic (exact) mass is 247 g/mol. The van der Waals surface area contributed by atoms with Crippen molar-refractivity contribution in [2.45, 2.75) is 6.43 Å². The first-order valence-corrected chi connectivity index (χ1v) is 4.63. The summed E-state index contributed by atoms with van der Waals surface area (Å²) in [5.74, 6) is -0.157. The minimum absolute atomic E-state index is 0.0129. The number of nitrogens with zero attached hydrogens (tertiary/aromatic N) is 4. The van der Waals surface area contributed by atoms with E-state index < -0.39 is 23.6 Å². The highest BCUT2D eigenvalue weighted by molar-refractivity contribution is 5.69. The summed E-state index contributed by atoms with van der Waals surface area (Å²) in [4.78, 5) is 18.5. The van der Waals surface area contributed by atoms with Crippen LogP contribution in [0.2, 0.25) is 0 Å². The largest absolute Gasteiger partial charge is 0.367 e. The molecule has 0 aromatic carbocycles. The summed E-state index contributed by atoms with van der Waals surface area (Å²) in [5, 5.41) is 13.4. The molecular formula is C8H11F2N5O2. The summed E-state index contributed by atoms with van der Waals surface area (Å²) in [6.07, 6.45) is -1.52. The molecule has 1 aromatic heterocycles. The van der Waals surface area contributed by atoms with Gasteiger partial charge in [-0.1, -0.05) is 0 Å². The lowest BCUT2D eigenvalue weighted by atomic mass is 10.4. The molecule has 94 valence electrons. The van der Waals surface area contributed by atoms with Gasteiger partial charge in [-0.05, 0) is 0 Å². The molecule has 9 heteroatoms. The molecule has 0 spiro atoms. The summed E-state index contributed by atoms with van der Waals surface area (Å²) in [6, 6.07) is 0. The molecule has 1 N–H and O–H groups in total. The SMILES string of the molecule is CNc1ncnc(N(C)CC(F)F)c1[N+](=O)[O-]. The zero-order valence-corrected chi connectivity index (χ0v) is 9.22. The summed E-state index contributed by atoms with van der Waals surface area (Å²) >= 11 is 0. The van der Waals surface area contributed by atoms with Gasteiger partial charge in [0.2, 0.25) is 11.6 Å². The summed E-state index contributed by atoms with van der Waals surface area (Å²) < 4.78 is 24.4. The number of aromatic nitrogens is 2. The van der Waals surface area contributed by atoms with E-state index >= 15 is 0 Å². The molecule has 1 heterocycles. The number of nitro groups is 1. The van der Waals surface area contributed by atoms with Gasteiger partial charge in [-0.25, -0.2) is 18.7 Å². The van der Waals surface area contributed by atoms with Crippen molar-refractivity contribution in [1.82, 2.24) is 9.97 Å². The van der Waals surface area contributed by atoms with E-state index in [1.165, 1.54) is 14.1 Å². The van der Waals surface area contributed by atoms with Crippen LogP contribution in [0.15, 0.2) is 6.33 Å². The van der Waals surface area contributed by atoms with Crippen LogP contribution in [0.4, 0.5) is 26.1 Å². The molecule has 7 nitrogen and oxygen atoms in total. The van der Waals surface area contributed by atoms with Gasteiger partial charge < -0.3 is 10.2 Å². The average Bonchev–Trinajstić information content (AvgIpc) is 2.26. The van der Waals surface area contributed by atoms with Crippen molar-refractivity contribution in [3.05, 3.63) is 16.4 Å². The fourth-order valence-electron chi connectivity index (χ4n) is 1.29. The van der Waals surface area contributed by atoms with Crippen molar-refractivity contribution in [3.63, 3.8) is 0 Å². The van der Waals surface area contributed by atoms with Gasteiger partial charge in [0, 0.05) is 14.1 Å². The first-order valence-electron chi connectivity index (χ1n) is 4.63. The fraction of sp³-hybridized carbons (Fsp3) is 0.500. The van der Waals surface area contributed by atoms with Gasteiger partial charge >= 0.3 is 5.69 Å². The van der Waals surface area contributed by atoms with E-state index in [9.17, 15) is 18.9 Å². The van der Waals surface area contributed by atoms with Crippen molar-refractivity contribution in [1.29, 1.82) is 0 Å². The van der Waals surface area contributed by atoms with E-state index in [-0.39, 0.29) is 11.6 Å². The average molecular weight is 247 g/mol. The Morgan fingerprint density at radius 1 is 1.59 bits per heavy atom. The number of alkyl halides is 2. The molecule has 0 aliphatic rings. The molecule has 0 aliphatic carbocycles. The third kappa shape index (κ3) is 2.95. The molecule has 0 unspecified atom stereocenters. The van der Waals surface area contributed by atoms with Crippen LogP contribution >= 0.6 is 0 Å². The standard InChI is InChI=1S/C8H11F2N5O2/c1-11-7-6(15(16)17)8(13-4-12-7)14(2)3-5(9)10/h4-5H,3H2,1-2H3,(H,11,12,13). The molecule has 0 saturated heterocycles. The maximum absolute atomic E-state index is 12.2. The van der Waals surface area contributed by atoms with Gasteiger partial charge in [0.25, 0.3) is 6.43 Å². The number of anilines is 2. The molecule has 0 atom stereocenters. The maximum Gasteiger partial charge on any atom is 0.353 e. The van der Waals surface area contributed by atoms with E-state index in [1.807, 2.05) is 0 Å². The van der Waals surface area contributed by atoms with E-state index in [1.54, 1.807) is 0 Å². The van der Waals surface area contributed by atoms with E-state index in [4.69, 9.17) is 0 Å². The van der Waals surface area contributed by atoms with Crippen LogP contribution in [-0.4, -0.2) is 42.0 Å². The molecule has 0 saturated carbocycles. The highest BCUT2D eigenvalue weighted by atomic mass is 19.3. The van der Waals surface area contributed by atoms with Gasteiger partial charge in [0.1, 0.15) is 6.33 Å². The third-order valence-corrected chi connectivity index (χ3v) is 2.00. The van der Waals surface area contributed by atoms with Crippen molar-refractivity contribution in [2.24, 2.45) is 0 Å². The van der Waals surface area contributed by atoms with Crippen molar-refractivity contribution < 1.29 is 13.7 Å². The lowest BCUT2D eigenvalue weighted by Gasteiger charge is -2.17. The van der Waals surface area contributed by atoms with Crippen LogP contribution in [0.25, 0.3) is 0 Å². The van der Waals surface area contributed by atoms with Crippen molar-refractivity contribution >= 4 is 17.3 Å². The molecule has 0 bridgehead atoms. The number of hydrogen-bond donors (Lipinski definition) is 1. The lowest BCUT2D eigenvalue weighted by Crippen LogP contribution is -2.26. The molecule has 0 amide bonds. The summed E-state index contributed by atoms with van der Waals surface area (Å²) in [7, 11) is 2.76. The smallest absolute Gasteiger partial charge is 0.353 e. The highest BCUT2D eigenvalue weighted by Gasteiger charge is 2.25. The molecule has 0 radical (unpaired) electrons. The Balaban J connectivity index is 3.18. The topological polar surface area (TPSA) is 84.2 Å². The van der Waals surface area contributed by atoms with E-state index in [0.717, 1.165) is 11.2 Å². The molecular weight excluding hydrogens is 236 g/mol. The second kappa shape index (κ2) is 5.32. The normalized spacial score (nSPS) is 10.4. The Hall–Kier alpha value is -2.06. The van der Waals surface area contributed by atoms with Gasteiger partial charge in [-0.3, -0.25) is 10.1 Å².